The van der Waals surface area contributed by atoms with Crippen molar-refractivity contribution in [3.63, 3.8) is 0 Å². The largest absolute Gasteiger partial charge is 0.467 e. The average molecular weight is 354 g/mol. The third-order valence-electron chi connectivity index (χ3n) is 2.90. The summed E-state index contributed by atoms with van der Waals surface area (Å²) in [6.07, 6.45) is 1.60. The van der Waals surface area contributed by atoms with E-state index >= 15 is 0 Å². The van der Waals surface area contributed by atoms with Crippen LogP contribution in [0.25, 0.3) is 0 Å². The topological polar surface area (TPSA) is 56.7 Å². The number of aromatic nitrogens is 4. The van der Waals surface area contributed by atoms with E-state index in [1.165, 1.54) is 11.8 Å². The van der Waals surface area contributed by atoms with Gasteiger partial charge in [0.05, 0.1) is 6.26 Å². The minimum Gasteiger partial charge on any atom is -0.467 e. The summed E-state index contributed by atoms with van der Waals surface area (Å²) in [5.41, 5.74) is 1.01. The molecule has 23 heavy (non-hydrogen) atoms. The summed E-state index contributed by atoms with van der Waals surface area (Å²) in [4.78, 5) is 0.552. The number of alkyl halides is 2. The molecule has 0 spiro atoms. The number of rotatable bonds is 7. The standard InChI is InChI=1S/C14H12F2N4OS2/c15-13(16)23-12-5-3-10(4-6-12)9-22-14-17-18-19-20(14)8-11-2-1-7-21-11/h1-7,13H,8-9H2. The van der Waals surface area contributed by atoms with Gasteiger partial charge in [0, 0.05) is 10.6 Å². The number of thioether (sulfide) groups is 2. The predicted octanol–water partition coefficient (Wildman–Crippen LogP) is 3.92. The van der Waals surface area contributed by atoms with Crippen LogP contribution in [0.15, 0.2) is 57.1 Å². The van der Waals surface area contributed by atoms with Crippen LogP contribution in [0.5, 0.6) is 0 Å². The first kappa shape index (κ1) is 16.0. The smallest absolute Gasteiger partial charge is 0.288 e. The number of hydrogen-bond acceptors (Lipinski definition) is 6. The molecule has 0 bridgehead atoms. The lowest BCUT2D eigenvalue weighted by molar-refractivity contribution is 0.252. The third kappa shape index (κ3) is 4.55. The van der Waals surface area contributed by atoms with E-state index in [0.717, 1.165) is 11.3 Å². The first-order chi connectivity index (χ1) is 11.2. The van der Waals surface area contributed by atoms with Crippen LogP contribution in [0.2, 0.25) is 0 Å². The summed E-state index contributed by atoms with van der Waals surface area (Å²) in [7, 11) is 0. The fourth-order valence-corrected chi connectivity index (χ4v) is 3.20. The Labute approximate surface area is 139 Å². The van der Waals surface area contributed by atoms with Gasteiger partial charge in [-0.1, -0.05) is 35.7 Å². The zero-order chi connectivity index (χ0) is 16.1. The Kier molecular flexibility index (Phi) is 5.29. The number of nitrogens with zero attached hydrogens (tertiary/aromatic N) is 4. The second-order valence-corrected chi connectivity index (χ2v) is 6.52. The van der Waals surface area contributed by atoms with Crippen molar-refractivity contribution in [1.29, 1.82) is 0 Å². The lowest BCUT2D eigenvalue weighted by atomic mass is 10.2. The Hall–Kier alpha value is -1.87. The molecule has 0 atom stereocenters. The molecule has 2 heterocycles. The van der Waals surface area contributed by atoms with Gasteiger partial charge in [0.1, 0.15) is 12.3 Å². The van der Waals surface area contributed by atoms with Crippen LogP contribution >= 0.6 is 23.5 Å². The van der Waals surface area contributed by atoms with Crippen LogP contribution in [-0.2, 0) is 12.3 Å². The van der Waals surface area contributed by atoms with Crippen LogP contribution in [0.4, 0.5) is 8.78 Å². The predicted molar refractivity (Wildman–Crippen MR) is 83.5 cm³/mol. The van der Waals surface area contributed by atoms with Crippen LogP contribution in [0.1, 0.15) is 11.3 Å². The molecule has 0 unspecified atom stereocenters. The fraction of sp³-hybridized carbons (Fsp3) is 0.214. The first-order valence-electron chi connectivity index (χ1n) is 6.66. The SMILES string of the molecule is FC(F)Sc1ccc(CSc2nnnn2Cc2ccco2)cc1. The summed E-state index contributed by atoms with van der Waals surface area (Å²) in [6.45, 7) is 0.465. The van der Waals surface area contributed by atoms with Gasteiger partial charge < -0.3 is 4.42 Å². The van der Waals surface area contributed by atoms with Crippen molar-refractivity contribution in [2.75, 3.05) is 0 Å². The monoisotopic (exact) mass is 354 g/mol. The highest BCUT2D eigenvalue weighted by Crippen LogP contribution is 2.27. The quantitative estimate of drug-likeness (QED) is 0.600. The molecule has 9 heteroatoms. The lowest BCUT2D eigenvalue weighted by Gasteiger charge is -2.04. The van der Waals surface area contributed by atoms with E-state index in [1.54, 1.807) is 23.1 Å². The zero-order valence-corrected chi connectivity index (χ0v) is 13.4. The van der Waals surface area contributed by atoms with Crippen LogP contribution < -0.4 is 0 Å². The Morgan fingerprint density at radius 1 is 1.17 bits per heavy atom. The van der Waals surface area contributed by atoms with E-state index in [0.29, 0.717) is 34.1 Å². The van der Waals surface area contributed by atoms with E-state index in [1.807, 2.05) is 24.3 Å². The number of tetrazole rings is 1. The molecule has 0 amide bonds. The lowest BCUT2D eigenvalue weighted by Crippen LogP contribution is -2.03. The van der Waals surface area contributed by atoms with Gasteiger partial charge in [0.15, 0.2) is 0 Å². The summed E-state index contributed by atoms with van der Waals surface area (Å²) in [6, 6.07) is 10.7. The Bertz CT molecular complexity index is 732. The van der Waals surface area contributed by atoms with E-state index < -0.39 is 5.76 Å². The molecule has 0 radical (unpaired) electrons. The Morgan fingerprint density at radius 2 is 2.00 bits per heavy atom. The van der Waals surface area contributed by atoms with Crippen molar-refractivity contribution < 1.29 is 13.2 Å². The van der Waals surface area contributed by atoms with Crippen molar-refractivity contribution in [3.8, 4) is 0 Å². The second-order valence-electron chi connectivity index (χ2n) is 4.51. The molecule has 0 aliphatic rings. The molecule has 2 aromatic heterocycles. The normalized spacial score (nSPS) is 11.3. The molecular weight excluding hydrogens is 342 g/mol. The van der Waals surface area contributed by atoms with Crippen LogP contribution in [0, 0.1) is 0 Å². The molecule has 0 saturated heterocycles. The first-order valence-corrected chi connectivity index (χ1v) is 8.52. The maximum atomic E-state index is 12.3. The molecule has 5 nitrogen and oxygen atoms in total. The summed E-state index contributed by atoms with van der Waals surface area (Å²) >= 11 is 2.02. The molecule has 0 aliphatic carbocycles. The van der Waals surface area contributed by atoms with Crippen molar-refractivity contribution in [1.82, 2.24) is 20.2 Å². The van der Waals surface area contributed by atoms with Gasteiger partial charge >= 0.3 is 0 Å². The highest BCUT2D eigenvalue weighted by Gasteiger charge is 2.10. The molecule has 3 rings (SSSR count). The van der Waals surface area contributed by atoms with Gasteiger partial charge in [-0.05, 0) is 40.3 Å². The van der Waals surface area contributed by atoms with Crippen molar-refractivity contribution in [2.45, 2.75) is 28.1 Å². The van der Waals surface area contributed by atoms with Gasteiger partial charge in [-0.25, -0.2) is 4.68 Å². The summed E-state index contributed by atoms with van der Waals surface area (Å²) in [5, 5.41) is 12.3. The molecular formula is C14H12F2N4OS2. The molecule has 0 N–H and O–H groups in total. The fourth-order valence-electron chi connectivity index (χ4n) is 1.86. The second kappa shape index (κ2) is 7.60. The third-order valence-corrected chi connectivity index (χ3v) is 4.65. The van der Waals surface area contributed by atoms with Crippen LogP contribution in [-0.4, -0.2) is 26.0 Å². The number of benzene rings is 1. The van der Waals surface area contributed by atoms with Gasteiger partial charge in [-0.2, -0.15) is 8.78 Å². The van der Waals surface area contributed by atoms with E-state index in [-0.39, 0.29) is 0 Å². The minimum absolute atomic E-state index is 0.465. The Morgan fingerprint density at radius 3 is 2.70 bits per heavy atom. The summed E-state index contributed by atoms with van der Waals surface area (Å²) < 4.78 is 31.5. The molecule has 1 aromatic carbocycles. The maximum Gasteiger partial charge on any atom is 0.288 e. The van der Waals surface area contributed by atoms with Crippen LogP contribution in [0.3, 0.4) is 0 Å². The number of hydrogen-bond donors (Lipinski definition) is 0. The highest BCUT2D eigenvalue weighted by molar-refractivity contribution is 7.99. The van der Waals surface area contributed by atoms with Crippen molar-refractivity contribution in [2.24, 2.45) is 0 Å². The van der Waals surface area contributed by atoms with Crippen molar-refractivity contribution in [3.05, 3.63) is 54.0 Å². The molecule has 120 valence electrons. The molecule has 0 saturated carbocycles. The van der Waals surface area contributed by atoms with Gasteiger partial charge in [-0.3, -0.25) is 0 Å². The van der Waals surface area contributed by atoms with Crippen molar-refractivity contribution >= 4 is 23.5 Å². The number of furan rings is 1. The van der Waals surface area contributed by atoms with Gasteiger partial charge in [-0.15, -0.1) is 5.10 Å². The summed E-state index contributed by atoms with van der Waals surface area (Å²) in [5.74, 6) is -0.980. The average Bonchev–Trinajstić information content (AvgIpc) is 3.18. The molecule has 3 aromatic rings. The number of halogens is 2. The van der Waals surface area contributed by atoms with Gasteiger partial charge in [0.25, 0.3) is 5.76 Å². The molecule has 0 aliphatic heterocycles. The maximum absolute atomic E-state index is 12.3. The van der Waals surface area contributed by atoms with E-state index in [2.05, 4.69) is 15.5 Å². The highest BCUT2D eigenvalue weighted by atomic mass is 32.2. The van der Waals surface area contributed by atoms with E-state index in [4.69, 9.17) is 4.42 Å². The Balaban J connectivity index is 1.59. The zero-order valence-electron chi connectivity index (χ0n) is 11.8. The molecule has 0 fully saturated rings. The minimum atomic E-state index is -2.40. The van der Waals surface area contributed by atoms with Gasteiger partial charge in [0.2, 0.25) is 5.16 Å². The van der Waals surface area contributed by atoms with E-state index in [9.17, 15) is 8.78 Å².